The highest BCUT2D eigenvalue weighted by atomic mass is 35.5. The van der Waals surface area contributed by atoms with E-state index < -0.39 is 11.0 Å². The van der Waals surface area contributed by atoms with Crippen molar-refractivity contribution in [2.75, 3.05) is 0 Å². The van der Waals surface area contributed by atoms with Crippen LogP contribution in [0.25, 0.3) is 0 Å². The Morgan fingerprint density at radius 1 is 0.652 bits per heavy atom. The molecule has 0 unspecified atom stereocenters. The van der Waals surface area contributed by atoms with Crippen LogP contribution in [0, 0.1) is 0 Å². The lowest BCUT2D eigenvalue weighted by Crippen LogP contribution is -2.33. The number of carbonyl (C=O) groups excluding carboxylic acids is 1. The highest BCUT2D eigenvalue weighted by molar-refractivity contribution is 6.61. The molecule has 114 valence electrons. The summed E-state index contributed by atoms with van der Waals surface area (Å²) in [5.41, 5.74) is 0.591. The van der Waals surface area contributed by atoms with Gasteiger partial charge >= 0.3 is 5.43 Å². The zero-order valence-corrected chi connectivity index (χ0v) is 13.1. The molecule has 3 heteroatoms. The second kappa shape index (κ2) is 6.67. The number of halogens is 1. The fourth-order valence-corrected chi connectivity index (χ4v) is 2.93. The number of ether oxygens (including phenoxy) is 1. The van der Waals surface area contributed by atoms with E-state index in [9.17, 15) is 4.79 Å². The predicted octanol–water partition coefficient (Wildman–Crippen LogP) is 5.35. The zero-order valence-electron chi connectivity index (χ0n) is 12.4. The molecule has 0 spiro atoms. The van der Waals surface area contributed by atoms with Gasteiger partial charge in [0.1, 0.15) is 0 Å². The van der Waals surface area contributed by atoms with Crippen molar-refractivity contribution in [3.05, 3.63) is 108 Å². The van der Waals surface area contributed by atoms with E-state index in [2.05, 4.69) is 0 Å². The van der Waals surface area contributed by atoms with E-state index in [1.807, 2.05) is 91.0 Å². The molecular formula is C20H15ClO2. The summed E-state index contributed by atoms with van der Waals surface area (Å²) in [6.07, 6.45) is 0. The molecule has 3 aromatic carbocycles. The minimum absolute atomic E-state index is 0.839. The van der Waals surface area contributed by atoms with Gasteiger partial charge in [0.25, 0.3) is 0 Å². The Kier molecular flexibility index (Phi) is 4.45. The number of carbonyl (C=O) groups is 1. The summed E-state index contributed by atoms with van der Waals surface area (Å²) in [6.45, 7) is 0. The lowest BCUT2D eigenvalue weighted by Gasteiger charge is -2.34. The Morgan fingerprint density at radius 3 is 1.22 bits per heavy atom. The zero-order chi connectivity index (χ0) is 16.1. The molecular weight excluding hydrogens is 308 g/mol. The van der Waals surface area contributed by atoms with Gasteiger partial charge in [-0.3, -0.25) is 0 Å². The van der Waals surface area contributed by atoms with Crippen LogP contribution in [0.4, 0.5) is 4.79 Å². The molecule has 0 aliphatic rings. The van der Waals surface area contributed by atoms with Crippen molar-refractivity contribution < 1.29 is 9.53 Å². The summed E-state index contributed by atoms with van der Waals surface area (Å²) in [5.74, 6) is 0. The van der Waals surface area contributed by atoms with Crippen LogP contribution in [0.1, 0.15) is 16.7 Å². The van der Waals surface area contributed by atoms with Gasteiger partial charge in [-0.2, -0.15) is 0 Å². The van der Waals surface area contributed by atoms with Gasteiger partial charge in [0, 0.05) is 28.3 Å². The van der Waals surface area contributed by atoms with Crippen molar-refractivity contribution in [2.45, 2.75) is 5.60 Å². The highest BCUT2D eigenvalue weighted by Crippen LogP contribution is 2.40. The maximum Gasteiger partial charge on any atom is 0.405 e. The number of hydrogen-bond acceptors (Lipinski definition) is 2. The van der Waals surface area contributed by atoms with Gasteiger partial charge in [0.2, 0.25) is 0 Å². The summed E-state index contributed by atoms with van der Waals surface area (Å²) >= 11 is 5.65. The molecule has 0 aromatic heterocycles. The van der Waals surface area contributed by atoms with Crippen LogP contribution in [0.3, 0.4) is 0 Å². The molecule has 0 N–H and O–H groups in total. The van der Waals surface area contributed by atoms with Gasteiger partial charge in [-0.25, -0.2) is 4.79 Å². The monoisotopic (exact) mass is 322 g/mol. The van der Waals surface area contributed by atoms with Gasteiger partial charge < -0.3 is 4.74 Å². The van der Waals surface area contributed by atoms with E-state index >= 15 is 0 Å². The summed E-state index contributed by atoms with van der Waals surface area (Å²) in [7, 11) is 0. The molecule has 0 saturated heterocycles. The molecule has 23 heavy (non-hydrogen) atoms. The van der Waals surface area contributed by atoms with Gasteiger partial charge in [0.05, 0.1) is 0 Å². The normalized spacial score (nSPS) is 11.0. The van der Waals surface area contributed by atoms with Gasteiger partial charge in [-0.1, -0.05) is 91.0 Å². The van der Waals surface area contributed by atoms with Crippen LogP contribution in [0.15, 0.2) is 91.0 Å². The molecule has 0 aliphatic heterocycles. The van der Waals surface area contributed by atoms with E-state index in [1.54, 1.807) is 0 Å². The first-order valence-corrected chi connectivity index (χ1v) is 7.66. The first-order chi connectivity index (χ1) is 11.2. The van der Waals surface area contributed by atoms with E-state index in [4.69, 9.17) is 16.3 Å². The second-order valence-corrected chi connectivity index (χ2v) is 5.43. The maximum atomic E-state index is 11.7. The van der Waals surface area contributed by atoms with Crippen molar-refractivity contribution in [2.24, 2.45) is 0 Å². The fraction of sp³-hybridized carbons (Fsp3) is 0.0500. The van der Waals surface area contributed by atoms with Crippen LogP contribution in [0.5, 0.6) is 0 Å². The van der Waals surface area contributed by atoms with Gasteiger partial charge in [0.15, 0.2) is 5.60 Å². The lowest BCUT2D eigenvalue weighted by atomic mass is 9.80. The van der Waals surface area contributed by atoms with Crippen molar-refractivity contribution in [1.29, 1.82) is 0 Å². The topological polar surface area (TPSA) is 26.3 Å². The van der Waals surface area contributed by atoms with E-state index in [-0.39, 0.29) is 0 Å². The smallest absolute Gasteiger partial charge is 0.405 e. The van der Waals surface area contributed by atoms with Crippen LogP contribution < -0.4 is 0 Å². The Labute approximate surface area is 140 Å². The molecule has 0 aliphatic carbocycles. The minimum Gasteiger partial charge on any atom is -0.432 e. The lowest BCUT2D eigenvalue weighted by molar-refractivity contribution is 0.0882. The fourth-order valence-electron chi connectivity index (χ4n) is 2.82. The SMILES string of the molecule is O=C(Cl)OC(c1ccccc1)(c1ccccc1)c1ccccc1. The van der Waals surface area contributed by atoms with Crippen LogP contribution >= 0.6 is 11.6 Å². The van der Waals surface area contributed by atoms with E-state index in [1.165, 1.54) is 0 Å². The molecule has 0 bridgehead atoms. The van der Waals surface area contributed by atoms with E-state index in [0.717, 1.165) is 16.7 Å². The molecule has 3 rings (SSSR count). The van der Waals surface area contributed by atoms with Crippen molar-refractivity contribution in [3.63, 3.8) is 0 Å². The van der Waals surface area contributed by atoms with Crippen molar-refractivity contribution in [3.8, 4) is 0 Å². The summed E-state index contributed by atoms with van der Waals surface area (Å²) < 4.78 is 5.72. The van der Waals surface area contributed by atoms with Crippen LogP contribution in [-0.2, 0) is 10.3 Å². The Bertz CT molecular complexity index is 674. The van der Waals surface area contributed by atoms with Crippen molar-refractivity contribution in [1.82, 2.24) is 0 Å². The first-order valence-electron chi connectivity index (χ1n) is 7.28. The molecule has 0 heterocycles. The quantitative estimate of drug-likeness (QED) is 0.478. The summed E-state index contributed by atoms with van der Waals surface area (Å²) in [4.78, 5) is 11.7. The second-order valence-electron chi connectivity index (χ2n) is 5.12. The Balaban J connectivity index is 2.32. The molecule has 0 fully saturated rings. The molecule has 0 saturated carbocycles. The predicted molar refractivity (Wildman–Crippen MR) is 91.5 cm³/mol. The summed E-state index contributed by atoms with van der Waals surface area (Å²) in [6, 6.07) is 28.8. The third kappa shape index (κ3) is 2.99. The molecule has 0 radical (unpaired) electrons. The van der Waals surface area contributed by atoms with Gasteiger partial charge in [-0.15, -0.1) is 0 Å². The van der Waals surface area contributed by atoms with E-state index in [0.29, 0.717) is 0 Å². The highest BCUT2D eigenvalue weighted by Gasteiger charge is 2.40. The van der Waals surface area contributed by atoms with Crippen LogP contribution in [0.2, 0.25) is 0 Å². The number of rotatable bonds is 4. The molecule has 0 atom stereocenters. The number of hydrogen-bond donors (Lipinski definition) is 0. The summed E-state index contributed by atoms with van der Waals surface area (Å²) in [5, 5.41) is 0. The average Bonchev–Trinajstić information content (AvgIpc) is 2.62. The van der Waals surface area contributed by atoms with Gasteiger partial charge in [-0.05, 0) is 0 Å². The molecule has 0 amide bonds. The molecule has 3 aromatic rings. The Morgan fingerprint density at radius 2 is 0.957 bits per heavy atom. The average molecular weight is 323 g/mol. The maximum absolute atomic E-state index is 11.7. The van der Waals surface area contributed by atoms with Crippen LogP contribution in [-0.4, -0.2) is 5.43 Å². The third-order valence-corrected chi connectivity index (χ3v) is 3.85. The first kappa shape index (κ1) is 15.3. The Hall–Kier alpha value is -2.58. The number of benzene rings is 3. The van der Waals surface area contributed by atoms with Crippen molar-refractivity contribution >= 4 is 17.0 Å². The standard InChI is InChI=1S/C20H15ClO2/c21-19(22)23-20(16-10-4-1-5-11-16,17-12-6-2-7-13-17)18-14-8-3-9-15-18/h1-15H. The third-order valence-electron chi connectivity index (χ3n) is 3.77. The largest absolute Gasteiger partial charge is 0.432 e. The molecule has 2 nitrogen and oxygen atoms in total. The minimum atomic E-state index is -1.08.